The fourth-order valence-electron chi connectivity index (χ4n) is 3.93. The average molecular weight is 487 g/mol. The van der Waals surface area contributed by atoms with E-state index in [-0.39, 0.29) is 6.04 Å². The first-order valence-corrected chi connectivity index (χ1v) is 12.1. The predicted molar refractivity (Wildman–Crippen MR) is 143 cm³/mol. The lowest BCUT2D eigenvalue weighted by Gasteiger charge is -2.20. The number of aromatic nitrogens is 2. The lowest BCUT2D eigenvalue weighted by molar-refractivity contribution is 0.698. The van der Waals surface area contributed by atoms with Crippen LogP contribution in [0.1, 0.15) is 20.3 Å². The Balaban J connectivity index is 1.80. The van der Waals surface area contributed by atoms with Gasteiger partial charge in [-0.3, -0.25) is 4.99 Å². The van der Waals surface area contributed by atoms with Crippen LogP contribution in [-0.2, 0) is 0 Å². The molecule has 0 radical (unpaired) electrons. The van der Waals surface area contributed by atoms with Gasteiger partial charge in [0, 0.05) is 27.5 Å². The average Bonchev–Trinajstić information content (AvgIpc) is 2.85. The van der Waals surface area contributed by atoms with E-state index in [0.29, 0.717) is 10.0 Å². The Morgan fingerprint density at radius 2 is 1.59 bits per heavy atom. The fourth-order valence-corrected chi connectivity index (χ4v) is 4.19. The van der Waals surface area contributed by atoms with Crippen LogP contribution in [0.15, 0.2) is 89.9 Å². The summed E-state index contributed by atoms with van der Waals surface area (Å²) in [6.07, 6.45) is 0.950. The van der Waals surface area contributed by atoms with Crippen LogP contribution in [0, 0.1) is 0 Å². The molecule has 0 saturated heterocycles. The van der Waals surface area contributed by atoms with E-state index in [0.717, 1.165) is 51.3 Å². The van der Waals surface area contributed by atoms with E-state index in [4.69, 9.17) is 33.2 Å². The molecule has 0 saturated carbocycles. The second-order valence-electron chi connectivity index (χ2n) is 8.29. The van der Waals surface area contributed by atoms with E-state index < -0.39 is 0 Å². The Kier molecular flexibility index (Phi) is 6.27. The standard InChI is InChI=1S/C28H24Cl2N4/c1-3-18(2)31-25-17-28-26(16-24(25)32-21-12-8-19(29)9-13-21)33-23-6-4-5-7-27(23)34(28)22-14-10-20(30)11-15-22/h4-18,32H,3H2,1-2H3. The quantitative estimate of drug-likeness (QED) is 0.256. The minimum atomic E-state index is 0.181. The first kappa shape index (κ1) is 22.5. The number of fused-ring (bicyclic) bond motifs is 2. The van der Waals surface area contributed by atoms with Gasteiger partial charge in [-0.05, 0) is 86.1 Å². The molecule has 2 aliphatic rings. The summed E-state index contributed by atoms with van der Waals surface area (Å²) in [5.41, 5.74) is 6.63. The predicted octanol–water partition coefficient (Wildman–Crippen LogP) is 7.88. The highest BCUT2D eigenvalue weighted by Gasteiger charge is 2.17. The van der Waals surface area contributed by atoms with Crippen LogP contribution in [0.2, 0.25) is 10.0 Å². The summed E-state index contributed by atoms with van der Waals surface area (Å²) in [5.74, 6) is 0. The molecule has 0 fully saturated rings. The zero-order valence-corrected chi connectivity index (χ0v) is 20.5. The van der Waals surface area contributed by atoms with Crippen molar-refractivity contribution in [3.05, 3.63) is 100 Å². The maximum Gasteiger partial charge on any atom is 0.0900 e. The van der Waals surface area contributed by atoms with Crippen LogP contribution in [0.4, 0.5) is 11.4 Å². The van der Waals surface area contributed by atoms with E-state index in [9.17, 15) is 0 Å². The first-order valence-electron chi connectivity index (χ1n) is 11.3. The van der Waals surface area contributed by atoms with Gasteiger partial charge in [0.2, 0.25) is 0 Å². The summed E-state index contributed by atoms with van der Waals surface area (Å²) in [6, 6.07) is 28.1. The number of hydrogen-bond donors (Lipinski definition) is 1. The van der Waals surface area contributed by atoms with Crippen molar-refractivity contribution in [3.8, 4) is 17.1 Å². The number of para-hydroxylation sites is 2. The van der Waals surface area contributed by atoms with Gasteiger partial charge in [0.25, 0.3) is 0 Å². The van der Waals surface area contributed by atoms with E-state index in [2.05, 4.69) is 41.9 Å². The Hall–Kier alpha value is -3.34. The number of nitrogens with zero attached hydrogens (tertiary/aromatic N) is 3. The number of nitrogens with one attached hydrogen (secondary N) is 1. The van der Waals surface area contributed by atoms with Crippen LogP contribution in [0.25, 0.3) is 28.1 Å². The maximum absolute atomic E-state index is 6.19. The summed E-state index contributed by atoms with van der Waals surface area (Å²) < 4.78 is 2.22. The Bertz CT molecular complexity index is 1490. The third-order valence-electron chi connectivity index (χ3n) is 5.86. The molecule has 3 aromatic rings. The SMILES string of the molecule is CCC(C)N=c1cc2n(-c3ccc(Cl)cc3)c3ccccc3nc-2cc1Nc1ccc(Cl)cc1. The lowest BCUT2D eigenvalue weighted by Crippen LogP contribution is -2.17. The minimum Gasteiger partial charge on any atom is -0.354 e. The maximum atomic E-state index is 6.19. The monoisotopic (exact) mass is 486 g/mol. The zero-order valence-electron chi connectivity index (χ0n) is 19.0. The van der Waals surface area contributed by atoms with Crippen molar-refractivity contribution in [1.29, 1.82) is 0 Å². The molecule has 3 aromatic carbocycles. The molecule has 1 atom stereocenters. The summed E-state index contributed by atoms with van der Waals surface area (Å²) in [5, 5.41) is 5.81. The molecule has 1 unspecified atom stereocenters. The molecule has 4 nitrogen and oxygen atoms in total. The Morgan fingerprint density at radius 1 is 0.912 bits per heavy atom. The van der Waals surface area contributed by atoms with Crippen molar-refractivity contribution in [1.82, 2.24) is 9.55 Å². The molecule has 1 aliphatic carbocycles. The number of hydrogen-bond acceptors (Lipinski definition) is 3. The second kappa shape index (κ2) is 9.49. The van der Waals surface area contributed by atoms with Crippen molar-refractivity contribution in [2.24, 2.45) is 4.99 Å². The molecule has 6 heteroatoms. The smallest absolute Gasteiger partial charge is 0.0900 e. The number of halogens is 2. The number of benzene rings is 4. The van der Waals surface area contributed by atoms with Crippen LogP contribution < -0.4 is 10.7 Å². The normalized spacial score (nSPS) is 12.9. The molecule has 0 amide bonds. The van der Waals surface area contributed by atoms with Crippen molar-refractivity contribution < 1.29 is 0 Å². The molecule has 0 aromatic heterocycles. The summed E-state index contributed by atoms with van der Waals surface area (Å²) >= 11 is 12.3. The molecular weight excluding hydrogens is 463 g/mol. The largest absolute Gasteiger partial charge is 0.354 e. The zero-order chi connectivity index (χ0) is 23.7. The molecule has 0 spiro atoms. The van der Waals surface area contributed by atoms with E-state index in [1.54, 1.807) is 0 Å². The Labute approximate surface area is 208 Å². The second-order valence-corrected chi connectivity index (χ2v) is 9.16. The van der Waals surface area contributed by atoms with Crippen molar-refractivity contribution in [2.45, 2.75) is 26.3 Å². The van der Waals surface area contributed by atoms with Crippen LogP contribution in [0.3, 0.4) is 0 Å². The summed E-state index contributed by atoms with van der Waals surface area (Å²) in [6.45, 7) is 4.27. The third kappa shape index (κ3) is 4.52. The van der Waals surface area contributed by atoms with Crippen molar-refractivity contribution >= 4 is 45.6 Å². The van der Waals surface area contributed by atoms with Crippen LogP contribution >= 0.6 is 23.2 Å². The van der Waals surface area contributed by atoms with Gasteiger partial charge in [-0.15, -0.1) is 0 Å². The van der Waals surface area contributed by atoms with E-state index >= 15 is 0 Å². The van der Waals surface area contributed by atoms with E-state index in [1.807, 2.05) is 66.7 Å². The molecular formula is C28H24Cl2N4. The fraction of sp³-hybridized carbons (Fsp3) is 0.143. The number of rotatable bonds is 5. The molecule has 34 heavy (non-hydrogen) atoms. The van der Waals surface area contributed by atoms with Gasteiger partial charge in [0.1, 0.15) is 0 Å². The highest BCUT2D eigenvalue weighted by molar-refractivity contribution is 6.30. The molecule has 5 rings (SSSR count). The minimum absolute atomic E-state index is 0.181. The molecule has 1 N–H and O–H groups in total. The summed E-state index contributed by atoms with van der Waals surface area (Å²) in [7, 11) is 0. The highest BCUT2D eigenvalue weighted by atomic mass is 35.5. The molecule has 170 valence electrons. The molecule has 1 aliphatic heterocycles. The lowest BCUT2D eigenvalue weighted by atomic mass is 10.1. The first-order chi connectivity index (χ1) is 16.5. The van der Waals surface area contributed by atoms with Gasteiger partial charge in [-0.25, -0.2) is 4.98 Å². The highest BCUT2D eigenvalue weighted by Crippen LogP contribution is 2.31. The molecule has 0 bridgehead atoms. The molecule has 1 heterocycles. The Morgan fingerprint density at radius 3 is 2.29 bits per heavy atom. The topological polar surface area (TPSA) is 42.2 Å². The van der Waals surface area contributed by atoms with Gasteiger partial charge < -0.3 is 9.88 Å². The van der Waals surface area contributed by atoms with Gasteiger partial charge in [0.15, 0.2) is 0 Å². The van der Waals surface area contributed by atoms with Crippen LogP contribution in [-0.4, -0.2) is 15.6 Å². The number of anilines is 2. The van der Waals surface area contributed by atoms with Gasteiger partial charge in [-0.1, -0.05) is 42.3 Å². The van der Waals surface area contributed by atoms with Gasteiger partial charge >= 0.3 is 0 Å². The van der Waals surface area contributed by atoms with Crippen LogP contribution in [0.5, 0.6) is 0 Å². The van der Waals surface area contributed by atoms with Gasteiger partial charge in [-0.2, -0.15) is 0 Å². The van der Waals surface area contributed by atoms with E-state index in [1.165, 1.54) is 0 Å². The van der Waals surface area contributed by atoms with Crippen molar-refractivity contribution in [2.75, 3.05) is 5.32 Å². The third-order valence-corrected chi connectivity index (χ3v) is 6.36. The van der Waals surface area contributed by atoms with Crippen molar-refractivity contribution in [3.63, 3.8) is 0 Å². The van der Waals surface area contributed by atoms with Gasteiger partial charge in [0.05, 0.1) is 33.5 Å². The summed E-state index contributed by atoms with van der Waals surface area (Å²) in [4.78, 5) is 10.0.